The fraction of sp³-hybridized carbons (Fsp3) is 0.529. The molecule has 2 N–H and O–H groups in total. The Labute approximate surface area is 140 Å². The zero-order valence-electron chi connectivity index (χ0n) is 14.0. The first-order valence-corrected chi connectivity index (χ1v) is 8.30. The van der Waals surface area contributed by atoms with E-state index in [1.807, 2.05) is 10.8 Å². The predicted molar refractivity (Wildman–Crippen MR) is 89.3 cm³/mol. The second-order valence-corrected chi connectivity index (χ2v) is 6.23. The number of ether oxygens (including phenoxy) is 1. The Hall–Kier alpha value is -2.15. The molecule has 0 aliphatic heterocycles. The molecule has 1 atom stereocenters. The van der Waals surface area contributed by atoms with Gasteiger partial charge in [-0.2, -0.15) is 0 Å². The Morgan fingerprint density at radius 2 is 2.33 bits per heavy atom. The third kappa shape index (κ3) is 3.84. The maximum absolute atomic E-state index is 13.6. The van der Waals surface area contributed by atoms with Gasteiger partial charge in [0.25, 0.3) is 0 Å². The molecule has 2 heterocycles. The van der Waals surface area contributed by atoms with Gasteiger partial charge in [0.15, 0.2) is 0 Å². The van der Waals surface area contributed by atoms with Crippen molar-refractivity contribution in [2.75, 3.05) is 13.7 Å². The van der Waals surface area contributed by atoms with Crippen LogP contribution in [0.2, 0.25) is 0 Å². The summed E-state index contributed by atoms with van der Waals surface area (Å²) in [6, 6.07) is 2.28. The number of fused-ring (bicyclic) bond motifs is 1. The van der Waals surface area contributed by atoms with Crippen molar-refractivity contribution in [3.63, 3.8) is 0 Å². The van der Waals surface area contributed by atoms with Gasteiger partial charge in [0.05, 0.1) is 24.3 Å². The van der Waals surface area contributed by atoms with Crippen molar-refractivity contribution in [3.8, 4) is 0 Å². The average Bonchev–Trinajstić information content (AvgIpc) is 3.31. The molecule has 1 fully saturated rings. The van der Waals surface area contributed by atoms with Crippen molar-refractivity contribution in [1.29, 1.82) is 0 Å². The van der Waals surface area contributed by atoms with Crippen LogP contribution < -0.4 is 10.6 Å². The smallest absolute Gasteiger partial charge is 0.406 e. The van der Waals surface area contributed by atoms with Crippen LogP contribution in [0.25, 0.3) is 11.0 Å². The van der Waals surface area contributed by atoms with Gasteiger partial charge in [0.2, 0.25) is 0 Å². The number of rotatable bonds is 7. The second kappa shape index (κ2) is 7.17. The van der Waals surface area contributed by atoms with E-state index < -0.39 is 6.09 Å². The summed E-state index contributed by atoms with van der Waals surface area (Å²) < 4.78 is 20.2. The quantitative estimate of drug-likeness (QED) is 0.764. The highest BCUT2D eigenvalue weighted by Crippen LogP contribution is 2.29. The summed E-state index contributed by atoms with van der Waals surface area (Å²) in [6.07, 6.45) is 6.00. The molecule has 0 spiro atoms. The molecule has 1 unspecified atom stereocenters. The largest absolute Gasteiger partial charge is 0.453 e. The number of hydrogen-bond acceptors (Lipinski definition) is 4. The van der Waals surface area contributed by atoms with Crippen molar-refractivity contribution >= 4 is 17.1 Å². The van der Waals surface area contributed by atoms with Gasteiger partial charge in [-0.25, -0.2) is 9.18 Å². The fourth-order valence-electron chi connectivity index (χ4n) is 2.88. The van der Waals surface area contributed by atoms with Crippen LogP contribution in [0.3, 0.4) is 0 Å². The van der Waals surface area contributed by atoms with Gasteiger partial charge in [0, 0.05) is 43.0 Å². The molecule has 7 heteroatoms. The van der Waals surface area contributed by atoms with Crippen LogP contribution >= 0.6 is 0 Å². The maximum Gasteiger partial charge on any atom is 0.406 e. The van der Waals surface area contributed by atoms with E-state index in [1.165, 1.54) is 32.2 Å². The lowest BCUT2D eigenvalue weighted by molar-refractivity contribution is 0.171. The van der Waals surface area contributed by atoms with Crippen molar-refractivity contribution in [1.82, 2.24) is 20.2 Å². The molecule has 0 saturated heterocycles. The topological polar surface area (TPSA) is 68.2 Å². The molecule has 2 aromatic heterocycles. The van der Waals surface area contributed by atoms with Crippen molar-refractivity contribution < 1.29 is 13.9 Å². The molecular weight excluding hydrogens is 311 g/mol. The number of nitrogens with zero attached hydrogens (tertiary/aromatic N) is 2. The molecule has 2 aromatic rings. The summed E-state index contributed by atoms with van der Waals surface area (Å²) in [4.78, 5) is 15.4. The monoisotopic (exact) mass is 334 g/mol. The van der Waals surface area contributed by atoms with E-state index in [4.69, 9.17) is 0 Å². The minimum Gasteiger partial charge on any atom is -0.453 e. The molecule has 130 valence electrons. The molecule has 1 aliphatic carbocycles. The highest BCUT2D eigenvalue weighted by atomic mass is 19.1. The molecular formula is C17H23FN4O2. The van der Waals surface area contributed by atoms with Gasteiger partial charge in [-0.15, -0.1) is 0 Å². The highest BCUT2D eigenvalue weighted by molar-refractivity contribution is 5.80. The van der Waals surface area contributed by atoms with E-state index in [0.29, 0.717) is 19.1 Å². The summed E-state index contributed by atoms with van der Waals surface area (Å²) in [7, 11) is 1.34. The molecule has 1 amide bonds. The fourth-order valence-corrected chi connectivity index (χ4v) is 2.88. The standard InChI is InChI=1S/C17H23FN4O2/c1-11(21-13-4-5-13)14-10-22(7-3-6-19-17(23)24-2)15-8-12(18)9-20-16(14)15/h8-11,13,21H,3-7H2,1-2H3,(H,19,23). The lowest BCUT2D eigenvalue weighted by atomic mass is 10.1. The third-order valence-electron chi connectivity index (χ3n) is 4.27. The van der Waals surface area contributed by atoms with Crippen LogP contribution in [-0.4, -0.2) is 35.3 Å². The summed E-state index contributed by atoms with van der Waals surface area (Å²) in [5.41, 5.74) is 2.70. The number of halogens is 1. The number of hydrogen-bond donors (Lipinski definition) is 2. The number of nitrogens with one attached hydrogen (secondary N) is 2. The first-order valence-electron chi connectivity index (χ1n) is 8.30. The normalized spacial score (nSPS) is 15.5. The van der Waals surface area contributed by atoms with Crippen LogP contribution in [0.15, 0.2) is 18.5 Å². The van der Waals surface area contributed by atoms with Gasteiger partial charge in [-0.3, -0.25) is 4.98 Å². The highest BCUT2D eigenvalue weighted by Gasteiger charge is 2.25. The van der Waals surface area contributed by atoms with E-state index in [9.17, 15) is 9.18 Å². The van der Waals surface area contributed by atoms with Gasteiger partial charge in [0.1, 0.15) is 5.82 Å². The Morgan fingerprint density at radius 1 is 1.54 bits per heavy atom. The van der Waals surface area contributed by atoms with Crippen LogP contribution in [0.1, 0.15) is 37.8 Å². The Kier molecular flexibility index (Phi) is 4.99. The zero-order valence-corrected chi connectivity index (χ0v) is 14.0. The molecule has 24 heavy (non-hydrogen) atoms. The first-order chi connectivity index (χ1) is 11.6. The van der Waals surface area contributed by atoms with Gasteiger partial charge < -0.3 is 19.9 Å². The Bertz CT molecular complexity index is 727. The van der Waals surface area contributed by atoms with Crippen LogP contribution in [0, 0.1) is 5.82 Å². The van der Waals surface area contributed by atoms with Crippen molar-refractivity contribution in [2.45, 2.75) is 44.8 Å². The van der Waals surface area contributed by atoms with E-state index in [-0.39, 0.29) is 11.9 Å². The van der Waals surface area contributed by atoms with Gasteiger partial charge in [-0.1, -0.05) is 0 Å². The van der Waals surface area contributed by atoms with Crippen LogP contribution in [0.5, 0.6) is 0 Å². The third-order valence-corrected chi connectivity index (χ3v) is 4.27. The Balaban J connectivity index is 1.75. The van der Waals surface area contributed by atoms with Gasteiger partial charge >= 0.3 is 6.09 Å². The van der Waals surface area contributed by atoms with E-state index in [0.717, 1.165) is 23.0 Å². The number of aromatic nitrogens is 2. The average molecular weight is 334 g/mol. The summed E-state index contributed by atoms with van der Waals surface area (Å²) in [6.45, 7) is 3.28. The molecule has 0 bridgehead atoms. The summed E-state index contributed by atoms with van der Waals surface area (Å²) >= 11 is 0. The number of carbonyl (C=O) groups excluding carboxylic acids is 1. The minimum absolute atomic E-state index is 0.174. The van der Waals surface area contributed by atoms with E-state index in [1.54, 1.807) is 0 Å². The molecule has 1 aliphatic rings. The number of carbonyl (C=O) groups is 1. The lowest BCUT2D eigenvalue weighted by Gasteiger charge is -2.11. The van der Waals surface area contributed by atoms with E-state index >= 15 is 0 Å². The number of amides is 1. The van der Waals surface area contributed by atoms with Crippen LogP contribution in [-0.2, 0) is 11.3 Å². The predicted octanol–water partition coefficient (Wildman–Crippen LogP) is 2.73. The minimum atomic E-state index is -0.442. The zero-order chi connectivity index (χ0) is 17.1. The Morgan fingerprint density at radius 3 is 3.04 bits per heavy atom. The maximum atomic E-state index is 13.6. The number of alkyl carbamates (subject to hydrolysis) is 1. The van der Waals surface area contributed by atoms with Crippen molar-refractivity contribution in [2.24, 2.45) is 0 Å². The van der Waals surface area contributed by atoms with Crippen LogP contribution in [0.4, 0.5) is 9.18 Å². The van der Waals surface area contributed by atoms with E-state index in [2.05, 4.69) is 27.3 Å². The number of aryl methyl sites for hydroxylation is 1. The SMILES string of the molecule is COC(=O)NCCCn1cc(C(C)NC2CC2)c2ncc(F)cc21. The molecule has 0 aromatic carbocycles. The molecule has 6 nitrogen and oxygen atoms in total. The first kappa shape index (κ1) is 16.7. The molecule has 1 saturated carbocycles. The lowest BCUT2D eigenvalue weighted by Crippen LogP contribution is -2.24. The summed E-state index contributed by atoms with van der Waals surface area (Å²) in [5, 5.41) is 6.21. The molecule has 3 rings (SSSR count). The number of methoxy groups -OCH3 is 1. The van der Waals surface area contributed by atoms with Gasteiger partial charge in [-0.05, 0) is 26.2 Å². The van der Waals surface area contributed by atoms with Crippen molar-refractivity contribution in [3.05, 3.63) is 29.8 Å². The second-order valence-electron chi connectivity index (χ2n) is 6.23. The number of pyridine rings is 1. The molecule has 0 radical (unpaired) electrons. The summed E-state index contributed by atoms with van der Waals surface area (Å²) in [5.74, 6) is -0.344.